The van der Waals surface area contributed by atoms with Gasteiger partial charge in [0.15, 0.2) is 0 Å². The summed E-state index contributed by atoms with van der Waals surface area (Å²) in [5.74, 6) is 1.67. The fourth-order valence-electron chi connectivity index (χ4n) is 4.09. The molecular weight excluding hydrogens is 334 g/mol. The first kappa shape index (κ1) is 19.9. The Morgan fingerprint density at radius 3 is 2.33 bits per heavy atom. The van der Waals surface area contributed by atoms with Gasteiger partial charge in [0.2, 0.25) is 0 Å². The van der Waals surface area contributed by atoms with Crippen LogP contribution in [0.15, 0.2) is 30.5 Å². The van der Waals surface area contributed by atoms with Gasteiger partial charge in [0, 0.05) is 30.0 Å². The van der Waals surface area contributed by atoms with Gasteiger partial charge in [-0.05, 0) is 43.2 Å². The van der Waals surface area contributed by atoms with E-state index in [1.807, 2.05) is 6.20 Å². The van der Waals surface area contributed by atoms with Gasteiger partial charge in [0.25, 0.3) is 0 Å². The molecule has 0 saturated heterocycles. The molecule has 1 fully saturated rings. The quantitative estimate of drug-likeness (QED) is 0.532. The second-order valence-electron chi connectivity index (χ2n) is 7.45. The van der Waals surface area contributed by atoms with Crippen molar-refractivity contribution in [3.8, 4) is 17.0 Å². The summed E-state index contributed by atoms with van der Waals surface area (Å²) in [7, 11) is 1.75. The van der Waals surface area contributed by atoms with Crippen LogP contribution in [0, 0.1) is 5.92 Å². The summed E-state index contributed by atoms with van der Waals surface area (Å²) in [4.78, 5) is 4.87. The molecule has 3 nitrogen and oxygen atoms in total. The Morgan fingerprint density at radius 1 is 1.11 bits per heavy atom. The standard InChI is InChI=1S/C24H33NO2/c1-5-18-12-9-13-19(6-2)24(18)21-15-22(26-4)20(16-25-21)23(27-7-3)14-17-10-8-11-17/h9,12-13,15-17,23H,5-8,10-11,14H2,1-4H3. The van der Waals surface area contributed by atoms with Crippen molar-refractivity contribution in [2.45, 2.75) is 65.4 Å². The fraction of sp³-hybridized carbons (Fsp3) is 0.542. The van der Waals surface area contributed by atoms with E-state index in [-0.39, 0.29) is 6.10 Å². The van der Waals surface area contributed by atoms with E-state index in [9.17, 15) is 0 Å². The van der Waals surface area contributed by atoms with Crippen LogP contribution in [0.4, 0.5) is 0 Å². The molecule has 146 valence electrons. The van der Waals surface area contributed by atoms with E-state index in [0.29, 0.717) is 6.61 Å². The molecule has 3 heteroatoms. The number of aryl methyl sites for hydroxylation is 2. The van der Waals surface area contributed by atoms with Gasteiger partial charge < -0.3 is 9.47 Å². The Morgan fingerprint density at radius 2 is 1.81 bits per heavy atom. The highest BCUT2D eigenvalue weighted by Crippen LogP contribution is 2.40. The van der Waals surface area contributed by atoms with Gasteiger partial charge in [-0.1, -0.05) is 51.3 Å². The zero-order valence-electron chi connectivity index (χ0n) is 17.3. The van der Waals surface area contributed by atoms with Crippen LogP contribution in [-0.4, -0.2) is 18.7 Å². The van der Waals surface area contributed by atoms with E-state index < -0.39 is 0 Å². The van der Waals surface area contributed by atoms with Gasteiger partial charge in [-0.3, -0.25) is 4.98 Å². The smallest absolute Gasteiger partial charge is 0.128 e. The number of rotatable bonds is 9. The minimum atomic E-state index is 0.0730. The molecular formula is C24H33NO2. The summed E-state index contributed by atoms with van der Waals surface area (Å²) in [6, 6.07) is 8.67. The summed E-state index contributed by atoms with van der Waals surface area (Å²) in [5.41, 5.74) is 6.03. The summed E-state index contributed by atoms with van der Waals surface area (Å²) in [6.45, 7) is 7.18. The second-order valence-corrected chi connectivity index (χ2v) is 7.45. The van der Waals surface area contributed by atoms with Crippen LogP contribution in [0.1, 0.15) is 69.2 Å². The molecule has 1 saturated carbocycles. The molecule has 1 aromatic heterocycles. The fourth-order valence-corrected chi connectivity index (χ4v) is 4.09. The summed E-state index contributed by atoms with van der Waals surface area (Å²) in [5, 5.41) is 0. The minimum absolute atomic E-state index is 0.0730. The number of pyridine rings is 1. The lowest BCUT2D eigenvalue weighted by Gasteiger charge is -2.30. The number of ether oxygens (including phenoxy) is 2. The SMILES string of the molecule is CCOC(CC1CCC1)c1cnc(-c2c(CC)cccc2CC)cc1OC. The van der Waals surface area contributed by atoms with Crippen molar-refractivity contribution in [2.24, 2.45) is 5.92 Å². The van der Waals surface area contributed by atoms with E-state index >= 15 is 0 Å². The van der Waals surface area contributed by atoms with Crippen molar-refractivity contribution >= 4 is 0 Å². The number of benzene rings is 1. The van der Waals surface area contributed by atoms with Crippen LogP contribution in [0.25, 0.3) is 11.3 Å². The first-order chi connectivity index (χ1) is 13.2. The Kier molecular flexibility index (Phi) is 6.89. The van der Waals surface area contributed by atoms with Crippen molar-refractivity contribution in [3.63, 3.8) is 0 Å². The molecule has 1 aliphatic carbocycles. The molecule has 1 aliphatic rings. The summed E-state index contributed by atoms with van der Waals surface area (Å²) in [6.07, 6.45) is 9.11. The lowest BCUT2D eigenvalue weighted by Crippen LogP contribution is -2.17. The monoisotopic (exact) mass is 367 g/mol. The zero-order chi connectivity index (χ0) is 19.2. The number of hydrogen-bond donors (Lipinski definition) is 0. The van der Waals surface area contributed by atoms with Gasteiger partial charge in [-0.25, -0.2) is 0 Å². The first-order valence-electron chi connectivity index (χ1n) is 10.5. The molecule has 1 heterocycles. The van der Waals surface area contributed by atoms with Crippen LogP contribution in [-0.2, 0) is 17.6 Å². The van der Waals surface area contributed by atoms with E-state index in [4.69, 9.17) is 14.5 Å². The third-order valence-electron chi connectivity index (χ3n) is 5.86. The van der Waals surface area contributed by atoms with Crippen LogP contribution >= 0.6 is 0 Å². The normalized spacial score (nSPS) is 15.4. The van der Waals surface area contributed by atoms with Crippen molar-refractivity contribution in [2.75, 3.05) is 13.7 Å². The van der Waals surface area contributed by atoms with E-state index in [2.05, 4.69) is 45.0 Å². The number of methoxy groups -OCH3 is 1. The predicted octanol–water partition coefficient (Wildman–Crippen LogP) is 6.15. The van der Waals surface area contributed by atoms with E-state index in [0.717, 1.165) is 42.2 Å². The maximum atomic E-state index is 6.09. The highest BCUT2D eigenvalue weighted by molar-refractivity contribution is 5.69. The average molecular weight is 368 g/mol. The minimum Gasteiger partial charge on any atom is -0.496 e. The van der Waals surface area contributed by atoms with E-state index in [1.54, 1.807) is 7.11 Å². The molecule has 3 rings (SSSR count). The predicted molar refractivity (Wildman–Crippen MR) is 111 cm³/mol. The van der Waals surface area contributed by atoms with Crippen LogP contribution in [0.5, 0.6) is 5.75 Å². The Bertz CT molecular complexity index is 730. The highest BCUT2D eigenvalue weighted by Gasteiger charge is 2.26. The van der Waals surface area contributed by atoms with Crippen molar-refractivity contribution in [3.05, 3.63) is 47.2 Å². The van der Waals surface area contributed by atoms with E-state index in [1.165, 1.54) is 36.0 Å². The van der Waals surface area contributed by atoms with Gasteiger partial charge >= 0.3 is 0 Å². The molecule has 1 atom stereocenters. The molecule has 1 unspecified atom stereocenters. The third kappa shape index (κ3) is 4.35. The molecule has 0 aliphatic heterocycles. The summed E-state index contributed by atoms with van der Waals surface area (Å²) >= 11 is 0. The molecule has 1 aromatic carbocycles. The molecule has 0 spiro atoms. The number of hydrogen-bond acceptors (Lipinski definition) is 3. The third-order valence-corrected chi connectivity index (χ3v) is 5.86. The second kappa shape index (κ2) is 9.36. The lowest BCUT2D eigenvalue weighted by atomic mass is 9.80. The first-order valence-corrected chi connectivity index (χ1v) is 10.5. The van der Waals surface area contributed by atoms with Gasteiger partial charge in [0.05, 0.1) is 18.9 Å². The van der Waals surface area contributed by atoms with Crippen molar-refractivity contribution in [1.82, 2.24) is 4.98 Å². The summed E-state index contributed by atoms with van der Waals surface area (Å²) < 4.78 is 11.9. The van der Waals surface area contributed by atoms with Crippen LogP contribution in [0.3, 0.4) is 0 Å². The topological polar surface area (TPSA) is 31.4 Å². The Balaban J connectivity index is 1.99. The molecule has 0 bridgehead atoms. The zero-order valence-corrected chi connectivity index (χ0v) is 17.3. The maximum absolute atomic E-state index is 6.09. The maximum Gasteiger partial charge on any atom is 0.128 e. The molecule has 27 heavy (non-hydrogen) atoms. The van der Waals surface area contributed by atoms with Gasteiger partial charge in [-0.2, -0.15) is 0 Å². The van der Waals surface area contributed by atoms with Gasteiger partial charge in [0.1, 0.15) is 5.75 Å². The molecule has 0 amide bonds. The number of nitrogens with zero attached hydrogens (tertiary/aromatic N) is 1. The molecule has 2 aromatic rings. The van der Waals surface area contributed by atoms with Crippen molar-refractivity contribution < 1.29 is 9.47 Å². The lowest BCUT2D eigenvalue weighted by molar-refractivity contribution is 0.0314. The Labute approximate surface area is 164 Å². The number of aromatic nitrogens is 1. The molecule has 0 radical (unpaired) electrons. The van der Waals surface area contributed by atoms with Crippen LogP contribution < -0.4 is 4.74 Å². The van der Waals surface area contributed by atoms with Crippen LogP contribution in [0.2, 0.25) is 0 Å². The Hall–Kier alpha value is -1.87. The average Bonchev–Trinajstić information content (AvgIpc) is 2.68. The highest BCUT2D eigenvalue weighted by atomic mass is 16.5. The van der Waals surface area contributed by atoms with Crippen molar-refractivity contribution in [1.29, 1.82) is 0 Å². The van der Waals surface area contributed by atoms with Gasteiger partial charge in [-0.15, -0.1) is 0 Å². The molecule has 0 N–H and O–H groups in total. The largest absolute Gasteiger partial charge is 0.496 e.